The first-order chi connectivity index (χ1) is 11.8. The van der Waals surface area contributed by atoms with Crippen molar-refractivity contribution in [3.8, 4) is 11.4 Å². The molecule has 0 aromatic carbocycles. The lowest BCUT2D eigenvalue weighted by molar-refractivity contribution is 0.0654. The summed E-state index contributed by atoms with van der Waals surface area (Å²) in [6, 6.07) is 7.60. The lowest BCUT2D eigenvalue weighted by Crippen LogP contribution is -2.23. The second-order valence-electron chi connectivity index (χ2n) is 5.49. The Kier molecular flexibility index (Phi) is 5.32. The highest BCUT2D eigenvalue weighted by molar-refractivity contribution is 5.58. The summed E-state index contributed by atoms with van der Waals surface area (Å²) in [7, 11) is 0. The molecule has 0 bridgehead atoms. The Labute approximate surface area is 141 Å². The van der Waals surface area contributed by atoms with Crippen LogP contribution in [0.15, 0.2) is 36.7 Å². The first-order valence-electron chi connectivity index (χ1n) is 8.30. The van der Waals surface area contributed by atoms with E-state index >= 15 is 0 Å². The largest absolute Gasteiger partial charge is 0.377 e. The fourth-order valence-electron chi connectivity index (χ4n) is 2.58. The molecule has 0 fully saturated rings. The van der Waals surface area contributed by atoms with Gasteiger partial charge in [-0.3, -0.25) is 4.98 Å². The van der Waals surface area contributed by atoms with Gasteiger partial charge >= 0.3 is 0 Å². The van der Waals surface area contributed by atoms with Crippen LogP contribution in [-0.4, -0.2) is 44.1 Å². The molecule has 0 spiro atoms. The Morgan fingerprint density at radius 3 is 2.71 bits per heavy atom. The summed E-state index contributed by atoms with van der Waals surface area (Å²) < 4.78 is 7.48. The van der Waals surface area contributed by atoms with Crippen molar-refractivity contribution in [2.45, 2.75) is 32.8 Å². The zero-order valence-corrected chi connectivity index (χ0v) is 14.0. The number of nitrogens with one attached hydrogen (secondary N) is 1. The van der Waals surface area contributed by atoms with Gasteiger partial charge < -0.3 is 10.1 Å². The van der Waals surface area contributed by atoms with Crippen molar-refractivity contribution >= 4 is 11.5 Å². The Bertz CT molecular complexity index is 767. The fraction of sp³-hybridized carbons (Fsp3) is 0.412. The van der Waals surface area contributed by atoms with Gasteiger partial charge in [0.1, 0.15) is 5.82 Å². The summed E-state index contributed by atoms with van der Waals surface area (Å²) in [6.45, 7) is 5.63. The average Bonchev–Trinajstić information content (AvgIpc) is 3.04. The van der Waals surface area contributed by atoms with E-state index in [9.17, 15) is 0 Å². The molecule has 3 rings (SSSR count). The summed E-state index contributed by atoms with van der Waals surface area (Å²) >= 11 is 0. The van der Waals surface area contributed by atoms with E-state index in [0.29, 0.717) is 11.5 Å². The highest BCUT2D eigenvalue weighted by Gasteiger charge is 2.11. The van der Waals surface area contributed by atoms with Gasteiger partial charge in [0.25, 0.3) is 0 Å². The standard InChI is InChI=1S/C17H22N6O/c1-3-5-14(24-4-2)12-19-15-6-7-16-20-21-17(23(16)22-15)13-8-10-18-11-9-13/h6-11,14H,3-5,12H2,1-2H3,(H,19,22). The van der Waals surface area contributed by atoms with Crippen LogP contribution in [0.2, 0.25) is 0 Å². The van der Waals surface area contributed by atoms with Gasteiger partial charge in [-0.05, 0) is 37.6 Å². The third-order valence-corrected chi connectivity index (χ3v) is 3.73. The SMILES string of the molecule is CCCC(CNc1ccc2nnc(-c3ccncc3)n2n1)OCC. The molecule has 0 amide bonds. The average molecular weight is 326 g/mol. The molecule has 0 saturated carbocycles. The summed E-state index contributed by atoms with van der Waals surface area (Å²) in [6.07, 6.45) is 5.78. The maximum Gasteiger partial charge on any atom is 0.185 e. The number of fused-ring (bicyclic) bond motifs is 1. The summed E-state index contributed by atoms with van der Waals surface area (Å²) in [5, 5.41) is 16.4. The van der Waals surface area contributed by atoms with Crippen molar-refractivity contribution in [3.05, 3.63) is 36.7 Å². The van der Waals surface area contributed by atoms with E-state index in [1.807, 2.05) is 31.2 Å². The van der Waals surface area contributed by atoms with Crippen LogP contribution in [0.5, 0.6) is 0 Å². The van der Waals surface area contributed by atoms with Crippen molar-refractivity contribution in [2.75, 3.05) is 18.5 Å². The summed E-state index contributed by atoms with van der Waals surface area (Å²) in [5.74, 6) is 1.48. The maximum atomic E-state index is 5.74. The van der Waals surface area contributed by atoms with E-state index < -0.39 is 0 Å². The monoisotopic (exact) mass is 326 g/mol. The van der Waals surface area contributed by atoms with Crippen molar-refractivity contribution in [3.63, 3.8) is 0 Å². The Morgan fingerprint density at radius 1 is 1.12 bits per heavy atom. The van der Waals surface area contributed by atoms with Gasteiger partial charge in [-0.1, -0.05) is 13.3 Å². The molecule has 0 aliphatic heterocycles. The van der Waals surface area contributed by atoms with Gasteiger partial charge in [0.05, 0.1) is 6.10 Å². The van der Waals surface area contributed by atoms with Crippen LogP contribution in [0.25, 0.3) is 17.0 Å². The van der Waals surface area contributed by atoms with E-state index in [0.717, 1.165) is 37.4 Å². The van der Waals surface area contributed by atoms with Crippen LogP contribution in [-0.2, 0) is 4.74 Å². The van der Waals surface area contributed by atoms with Crippen LogP contribution < -0.4 is 5.32 Å². The van der Waals surface area contributed by atoms with Crippen molar-refractivity contribution in [1.82, 2.24) is 24.8 Å². The topological polar surface area (TPSA) is 77.2 Å². The third-order valence-electron chi connectivity index (χ3n) is 3.73. The number of rotatable bonds is 8. The van der Waals surface area contributed by atoms with Crippen LogP contribution in [0.3, 0.4) is 0 Å². The van der Waals surface area contributed by atoms with Crippen LogP contribution in [0, 0.1) is 0 Å². The van der Waals surface area contributed by atoms with E-state index in [2.05, 4.69) is 32.5 Å². The molecule has 126 valence electrons. The third kappa shape index (κ3) is 3.68. The molecule has 0 radical (unpaired) electrons. The summed E-state index contributed by atoms with van der Waals surface area (Å²) in [5.41, 5.74) is 1.64. The smallest absolute Gasteiger partial charge is 0.185 e. The molecule has 7 nitrogen and oxygen atoms in total. The molecule has 0 aliphatic carbocycles. The quantitative estimate of drug-likeness (QED) is 0.686. The van der Waals surface area contributed by atoms with Gasteiger partial charge in [-0.15, -0.1) is 15.3 Å². The Hall–Kier alpha value is -2.54. The second-order valence-corrected chi connectivity index (χ2v) is 5.49. The molecule has 1 atom stereocenters. The Balaban J connectivity index is 1.80. The summed E-state index contributed by atoms with van der Waals surface area (Å²) in [4.78, 5) is 4.03. The predicted molar refractivity (Wildman–Crippen MR) is 92.8 cm³/mol. The van der Waals surface area contributed by atoms with E-state index in [4.69, 9.17) is 4.74 Å². The van der Waals surface area contributed by atoms with Gasteiger partial charge in [-0.2, -0.15) is 4.52 Å². The number of anilines is 1. The molecule has 3 heterocycles. The fourth-order valence-corrected chi connectivity index (χ4v) is 2.58. The molecule has 0 saturated heterocycles. The maximum absolute atomic E-state index is 5.74. The van der Waals surface area contributed by atoms with Crippen LogP contribution in [0.4, 0.5) is 5.82 Å². The number of nitrogens with zero attached hydrogens (tertiary/aromatic N) is 5. The molecule has 1 unspecified atom stereocenters. The number of hydrogen-bond acceptors (Lipinski definition) is 6. The van der Waals surface area contributed by atoms with Gasteiger partial charge in [-0.25, -0.2) is 0 Å². The minimum absolute atomic E-state index is 0.193. The van der Waals surface area contributed by atoms with Crippen molar-refractivity contribution in [1.29, 1.82) is 0 Å². The second kappa shape index (κ2) is 7.83. The molecule has 0 aliphatic rings. The predicted octanol–water partition coefficient (Wildman–Crippen LogP) is 2.80. The molecular weight excluding hydrogens is 304 g/mol. The highest BCUT2D eigenvalue weighted by Crippen LogP contribution is 2.17. The van der Waals surface area contributed by atoms with Crippen LogP contribution in [0.1, 0.15) is 26.7 Å². The normalized spacial score (nSPS) is 12.4. The molecule has 24 heavy (non-hydrogen) atoms. The minimum atomic E-state index is 0.193. The van der Waals surface area contributed by atoms with E-state index in [1.54, 1.807) is 16.9 Å². The van der Waals surface area contributed by atoms with Crippen LogP contribution >= 0.6 is 0 Å². The molecule has 1 N–H and O–H groups in total. The zero-order chi connectivity index (χ0) is 16.8. The van der Waals surface area contributed by atoms with E-state index in [1.165, 1.54) is 0 Å². The number of pyridine rings is 1. The van der Waals surface area contributed by atoms with Crippen molar-refractivity contribution in [2.24, 2.45) is 0 Å². The molecule has 3 aromatic heterocycles. The molecular formula is C17H22N6O. The first kappa shape index (κ1) is 16.3. The Morgan fingerprint density at radius 2 is 1.96 bits per heavy atom. The molecule has 7 heteroatoms. The van der Waals surface area contributed by atoms with E-state index in [-0.39, 0.29) is 6.10 Å². The van der Waals surface area contributed by atoms with Gasteiger partial charge in [0.2, 0.25) is 0 Å². The number of hydrogen-bond donors (Lipinski definition) is 1. The zero-order valence-electron chi connectivity index (χ0n) is 14.0. The van der Waals surface area contributed by atoms with Crippen molar-refractivity contribution < 1.29 is 4.74 Å². The number of aromatic nitrogens is 5. The lowest BCUT2D eigenvalue weighted by atomic mass is 10.2. The minimum Gasteiger partial charge on any atom is -0.377 e. The van der Waals surface area contributed by atoms with Gasteiger partial charge in [0.15, 0.2) is 11.5 Å². The van der Waals surface area contributed by atoms with Gasteiger partial charge in [0, 0.05) is 31.1 Å². The highest BCUT2D eigenvalue weighted by atomic mass is 16.5. The number of ether oxygens (including phenoxy) is 1. The first-order valence-corrected chi connectivity index (χ1v) is 8.30. The molecule has 3 aromatic rings. The lowest BCUT2D eigenvalue weighted by Gasteiger charge is -2.17.